The van der Waals surface area contributed by atoms with E-state index >= 15 is 0 Å². The zero-order chi connectivity index (χ0) is 15.2. The van der Waals surface area contributed by atoms with Crippen LogP contribution in [0.2, 0.25) is 0 Å². The summed E-state index contributed by atoms with van der Waals surface area (Å²) in [6, 6.07) is 25.9. The monoisotopic (exact) mass is 287 g/mol. The van der Waals surface area contributed by atoms with E-state index in [9.17, 15) is 0 Å². The predicted molar refractivity (Wildman–Crippen MR) is 94.8 cm³/mol. The number of benzene rings is 3. The topological polar surface area (TPSA) is 12.0 Å². The molecule has 3 rings (SSSR count). The molecule has 0 aliphatic carbocycles. The summed E-state index contributed by atoms with van der Waals surface area (Å²) < 4.78 is 0. The highest BCUT2D eigenvalue weighted by Crippen LogP contribution is 2.26. The maximum Gasteiger partial charge on any atom is 0.0363 e. The summed E-state index contributed by atoms with van der Waals surface area (Å²) in [7, 11) is 0. The third kappa shape index (κ3) is 3.26. The maximum atomic E-state index is 3.92. The maximum absolute atomic E-state index is 3.92. The number of hydrogen-bond donors (Lipinski definition) is 1. The van der Waals surface area contributed by atoms with E-state index in [1.165, 1.54) is 21.9 Å². The molecule has 22 heavy (non-hydrogen) atoms. The van der Waals surface area contributed by atoms with E-state index in [4.69, 9.17) is 0 Å². The van der Waals surface area contributed by atoms with Crippen LogP contribution in [0.5, 0.6) is 0 Å². The molecule has 0 bridgehead atoms. The Bertz CT molecular complexity index is 741. The van der Waals surface area contributed by atoms with Crippen molar-refractivity contribution in [2.75, 3.05) is 0 Å². The van der Waals surface area contributed by atoms with Gasteiger partial charge in [0.05, 0.1) is 0 Å². The van der Waals surface area contributed by atoms with E-state index in [2.05, 4.69) is 84.7 Å². The van der Waals surface area contributed by atoms with Gasteiger partial charge in [0.25, 0.3) is 0 Å². The second-order valence-electron chi connectivity index (χ2n) is 5.51. The molecule has 3 aromatic rings. The van der Waals surface area contributed by atoms with Crippen molar-refractivity contribution in [2.45, 2.75) is 19.0 Å². The fourth-order valence-electron chi connectivity index (χ4n) is 2.88. The third-order valence-electron chi connectivity index (χ3n) is 4.00. The molecule has 110 valence electrons. The molecule has 3 aromatic carbocycles. The van der Waals surface area contributed by atoms with Crippen LogP contribution in [0.15, 0.2) is 85.5 Å². The van der Waals surface area contributed by atoms with Gasteiger partial charge in [-0.3, -0.25) is 0 Å². The zero-order valence-corrected chi connectivity index (χ0v) is 12.7. The van der Waals surface area contributed by atoms with Crippen LogP contribution in [0.1, 0.15) is 23.6 Å². The lowest BCUT2D eigenvalue weighted by Gasteiger charge is -2.20. The van der Waals surface area contributed by atoms with E-state index < -0.39 is 0 Å². The van der Waals surface area contributed by atoms with Crippen LogP contribution >= 0.6 is 0 Å². The van der Waals surface area contributed by atoms with Crippen LogP contribution in [0, 0.1) is 0 Å². The predicted octanol–water partition coefficient (Wildman–Crippen LogP) is 5.25. The van der Waals surface area contributed by atoms with E-state index in [1.54, 1.807) is 0 Å². The van der Waals surface area contributed by atoms with Crippen LogP contribution in [0.25, 0.3) is 10.8 Å². The van der Waals surface area contributed by atoms with Crippen molar-refractivity contribution in [1.82, 2.24) is 5.32 Å². The minimum atomic E-state index is 0.281. The van der Waals surface area contributed by atoms with Gasteiger partial charge in [-0.2, -0.15) is 0 Å². The normalized spacial score (nSPS) is 12.2. The van der Waals surface area contributed by atoms with Gasteiger partial charge in [-0.05, 0) is 28.3 Å². The molecule has 0 unspecified atom stereocenters. The molecule has 0 heterocycles. The van der Waals surface area contributed by atoms with Crippen LogP contribution in [0.3, 0.4) is 0 Å². The zero-order valence-electron chi connectivity index (χ0n) is 12.7. The minimum Gasteiger partial charge on any atom is -0.306 e. The molecule has 0 aliphatic heterocycles. The molecule has 0 aromatic heterocycles. The lowest BCUT2D eigenvalue weighted by molar-refractivity contribution is 0.542. The summed E-state index contributed by atoms with van der Waals surface area (Å²) in [4.78, 5) is 0. The highest BCUT2D eigenvalue weighted by molar-refractivity contribution is 5.86. The Labute approximate surface area is 132 Å². The fraction of sp³-hybridized carbons (Fsp3) is 0.143. The summed E-state index contributed by atoms with van der Waals surface area (Å²) >= 11 is 0. The van der Waals surface area contributed by atoms with Gasteiger partial charge in [0.2, 0.25) is 0 Å². The van der Waals surface area contributed by atoms with Gasteiger partial charge in [-0.15, -0.1) is 6.58 Å². The van der Waals surface area contributed by atoms with Gasteiger partial charge in [0.15, 0.2) is 0 Å². The van der Waals surface area contributed by atoms with E-state index in [0.29, 0.717) is 0 Å². The van der Waals surface area contributed by atoms with Crippen molar-refractivity contribution in [1.29, 1.82) is 0 Å². The van der Waals surface area contributed by atoms with Gasteiger partial charge >= 0.3 is 0 Å². The summed E-state index contributed by atoms with van der Waals surface area (Å²) in [5, 5.41) is 6.28. The van der Waals surface area contributed by atoms with Crippen LogP contribution < -0.4 is 5.32 Å². The van der Waals surface area contributed by atoms with Gasteiger partial charge in [0.1, 0.15) is 0 Å². The Kier molecular flexibility index (Phi) is 4.67. The first kappa shape index (κ1) is 14.6. The summed E-state index contributed by atoms with van der Waals surface area (Å²) in [5.41, 5.74) is 2.64. The van der Waals surface area contributed by atoms with Gasteiger partial charge in [-0.1, -0.05) is 78.9 Å². The summed E-state index contributed by atoms with van der Waals surface area (Å²) in [5.74, 6) is 0. The Hall–Kier alpha value is -2.38. The minimum absolute atomic E-state index is 0.281. The summed E-state index contributed by atoms with van der Waals surface area (Å²) in [6.45, 7) is 4.78. The summed E-state index contributed by atoms with van der Waals surface area (Å²) in [6.07, 6.45) is 2.91. The molecule has 0 aliphatic rings. The Morgan fingerprint density at radius 2 is 1.59 bits per heavy atom. The molecule has 1 atom stereocenters. The Morgan fingerprint density at radius 3 is 2.41 bits per heavy atom. The van der Waals surface area contributed by atoms with Crippen molar-refractivity contribution >= 4 is 10.8 Å². The number of rotatable bonds is 6. The average molecular weight is 287 g/mol. The molecule has 0 spiro atoms. The van der Waals surface area contributed by atoms with Gasteiger partial charge in [0, 0.05) is 12.6 Å². The Morgan fingerprint density at radius 1 is 0.864 bits per heavy atom. The molecular formula is C21H21N. The van der Waals surface area contributed by atoms with Gasteiger partial charge in [-0.25, -0.2) is 0 Å². The second-order valence-corrected chi connectivity index (χ2v) is 5.51. The smallest absolute Gasteiger partial charge is 0.0363 e. The van der Waals surface area contributed by atoms with Crippen molar-refractivity contribution in [3.8, 4) is 0 Å². The number of fused-ring (bicyclic) bond motifs is 1. The lowest BCUT2D eigenvalue weighted by Crippen LogP contribution is -2.20. The standard InChI is InChI=1S/C21H21N/c1-2-9-21(22-16-17-10-4-3-5-11-17)20-15-8-13-18-12-6-7-14-19(18)20/h2-8,10-15,21-22H,1,9,16H2/t21-/m0/s1. The molecule has 1 nitrogen and oxygen atoms in total. The van der Waals surface area contributed by atoms with Crippen molar-refractivity contribution in [3.05, 3.63) is 96.6 Å². The van der Waals surface area contributed by atoms with E-state index in [0.717, 1.165) is 13.0 Å². The first-order valence-electron chi connectivity index (χ1n) is 7.74. The highest BCUT2D eigenvalue weighted by atomic mass is 14.9. The molecular weight excluding hydrogens is 266 g/mol. The average Bonchev–Trinajstić information content (AvgIpc) is 2.59. The third-order valence-corrected chi connectivity index (χ3v) is 4.00. The quantitative estimate of drug-likeness (QED) is 0.611. The SMILES string of the molecule is C=CC[C@H](NCc1ccccc1)c1cccc2ccccc12. The van der Waals surface area contributed by atoms with E-state index in [1.807, 2.05) is 6.08 Å². The molecule has 0 saturated carbocycles. The van der Waals surface area contributed by atoms with Crippen LogP contribution in [-0.4, -0.2) is 0 Å². The van der Waals surface area contributed by atoms with Crippen molar-refractivity contribution in [3.63, 3.8) is 0 Å². The van der Waals surface area contributed by atoms with Crippen LogP contribution in [0.4, 0.5) is 0 Å². The van der Waals surface area contributed by atoms with Crippen molar-refractivity contribution in [2.24, 2.45) is 0 Å². The largest absolute Gasteiger partial charge is 0.306 e. The van der Waals surface area contributed by atoms with E-state index in [-0.39, 0.29) is 6.04 Å². The number of nitrogens with one attached hydrogen (secondary N) is 1. The molecule has 0 amide bonds. The first-order chi connectivity index (χ1) is 10.9. The lowest BCUT2D eigenvalue weighted by atomic mass is 9.96. The molecule has 1 heteroatoms. The first-order valence-corrected chi connectivity index (χ1v) is 7.74. The molecule has 0 fully saturated rings. The molecule has 0 radical (unpaired) electrons. The van der Waals surface area contributed by atoms with Crippen molar-refractivity contribution < 1.29 is 0 Å². The van der Waals surface area contributed by atoms with Gasteiger partial charge < -0.3 is 5.32 Å². The molecule has 0 saturated heterocycles. The molecule has 1 N–H and O–H groups in total. The fourth-order valence-corrected chi connectivity index (χ4v) is 2.88. The van der Waals surface area contributed by atoms with Crippen LogP contribution in [-0.2, 0) is 6.54 Å². The number of hydrogen-bond acceptors (Lipinski definition) is 1. The Balaban J connectivity index is 1.88. The second kappa shape index (κ2) is 7.06. The highest BCUT2D eigenvalue weighted by Gasteiger charge is 2.12.